The Kier molecular flexibility index (Phi) is 6.21. The number of furan rings is 1. The molecule has 2 heterocycles. The van der Waals surface area contributed by atoms with Gasteiger partial charge in [-0.25, -0.2) is 8.42 Å². The van der Waals surface area contributed by atoms with Crippen LogP contribution in [0, 0.1) is 6.92 Å². The van der Waals surface area contributed by atoms with Gasteiger partial charge in [-0.1, -0.05) is 6.92 Å². The van der Waals surface area contributed by atoms with Gasteiger partial charge in [0.1, 0.15) is 5.76 Å². The second-order valence-corrected chi connectivity index (χ2v) is 9.99. The van der Waals surface area contributed by atoms with Crippen molar-refractivity contribution in [2.75, 3.05) is 5.32 Å². The second-order valence-electron chi connectivity index (χ2n) is 8.08. The number of sulfonamides is 1. The fourth-order valence-electron chi connectivity index (χ4n) is 4.20. The predicted octanol–water partition coefficient (Wildman–Crippen LogP) is 3.55. The number of nitrogens with zero attached hydrogens (tertiary/aromatic N) is 3. The van der Waals surface area contributed by atoms with Crippen LogP contribution in [-0.4, -0.2) is 28.4 Å². The fraction of sp³-hybridized carbons (Fsp3) is 0.391. The highest BCUT2D eigenvalue weighted by atomic mass is 32.2. The number of amides is 1. The third-order valence-electron chi connectivity index (χ3n) is 5.83. The summed E-state index contributed by atoms with van der Waals surface area (Å²) in [5, 5.41) is 7.39. The van der Waals surface area contributed by atoms with Gasteiger partial charge in [-0.3, -0.25) is 9.48 Å². The van der Waals surface area contributed by atoms with Crippen molar-refractivity contribution in [3.63, 3.8) is 0 Å². The summed E-state index contributed by atoms with van der Waals surface area (Å²) in [6.07, 6.45) is 4.83. The van der Waals surface area contributed by atoms with E-state index in [1.54, 1.807) is 44.2 Å². The van der Waals surface area contributed by atoms with Crippen molar-refractivity contribution in [1.29, 1.82) is 0 Å². The molecule has 2 aromatic heterocycles. The highest BCUT2D eigenvalue weighted by Gasteiger charge is 2.31. The Labute approximate surface area is 188 Å². The quantitative estimate of drug-likeness (QED) is 0.559. The highest BCUT2D eigenvalue weighted by molar-refractivity contribution is 7.89. The molecular weight excluding hydrogens is 428 g/mol. The number of hydrogen-bond donors (Lipinski definition) is 1. The Balaban J connectivity index is 1.68. The first-order chi connectivity index (χ1) is 15.3. The maximum absolute atomic E-state index is 13.7. The van der Waals surface area contributed by atoms with Gasteiger partial charge < -0.3 is 9.73 Å². The molecule has 4 rings (SSSR count). The summed E-state index contributed by atoms with van der Waals surface area (Å²) in [6, 6.07) is 8.37. The molecule has 0 bridgehead atoms. The minimum Gasteiger partial charge on any atom is -0.468 e. The normalized spacial score (nSPS) is 13.5. The van der Waals surface area contributed by atoms with Crippen molar-refractivity contribution < 1.29 is 17.6 Å². The van der Waals surface area contributed by atoms with E-state index in [9.17, 15) is 13.2 Å². The lowest BCUT2D eigenvalue weighted by Gasteiger charge is -2.22. The summed E-state index contributed by atoms with van der Waals surface area (Å²) in [5.74, 6) is 0.439. The van der Waals surface area contributed by atoms with Crippen LogP contribution in [0.1, 0.15) is 48.0 Å². The zero-order valence-electron chi connectivity index (χ0n) is 18.6. The first kappa shape index (κ1) is 22.3. The minimum atomic E-state index is -3.85. The second kappa shape index (κ2) is 8.91. The Morgan fingerprint density at radius 2 is 2.06 bits per heavy atom. The molecule has 0 spiro atoms. The van der Waals surface area contributed by atoms with Crippen LogP contribution in [0.4, 0.5) is 5.69 Å². The van der Waals surface area contributed by atoms with E-state index in [0.29, 0.717) is 23.4 Å². The van der Waals surface area contributed by atoms with E-state index >= 15 is 0 Å². The van der Waals surface area contributed by atoms with Crippen LogP contribution in [0.3, 0.4) is 0 Å². The number of rotatable bonds is 8. The summed E-state index contributed by atoms with van der Waals surface area (Å²) >= 11 is 0. The Morgan fingerprint density at radius 3 is 2.75 bits per heavy atom. The van der Waals surface area contributed by atoms with Gasteiger partial charge in [0.15, 0.2) is 0 Å². The molecule has 9 heteroatoms. The number of aromatic nitrogens is 2. The van der Waals surface area contributed by atoms with E-state index < -0.39 is 10.0 Å². The standard InChI is InChI=1S/C23H28N4O4S/c1-4-23(28)24-17-10-11-22(16(2)13-17)32(29,30)27(14-18-7-6-12-31-18)15-20-19-8-5-9-21(19)26(3)25-20/h6-7,10-13H,4-5,8-9,14-15H2,1-3H3,(H,24,28). The summed E-state index contributed by atoms with van der Waals surface area (Å²) < 4.78 is 36.2. The third kappa shape index (κ3) is 4.35. The largest absolute Gasteiger partial charge is 0.468 e. The molecule has 170 valence electrons. The molecule has 1 aromatic carbocycles. The lowest BCUT2D eigenvalue weighted by molar-refractivity contribution is -0.115. The lowest BCUT2D eigenvalue weighted by atomic mass is 10.2. The first-order valence-corrected chi connectivity index (χ1v) is 12.2. The Bertz CT molecular complexity index is 1230. The lowest BCUT2D eigenvalue weighted by Crippen LogP contribution is -2.31. The summed E-state index contributed by atoms with van der Waals surface area (Å²) in [5.41, 5.74) is 4.27. The molecule has 8 nitrogen and oxygen atoms in total. The Morgan fingerprint density at radius 1 is 1.25 bits per heavy atom. The van der Waals surface area contributed by atoms with Gasteiger partial charge in [0.25, 0.3) is 0 Å². The van der Waals surface area contributed by atoms with E-state index in [4.69, 9.17) is 4.42 Å². The van der Waals surface area contributed by atoms with Crippen LogP contribution in [0.25, 0.3) is 0 Å². The first-order valence-electron chi connectivity index (χ1n) is 10.8. The SMILES string of the molecule is CCC(=O)Nc1ccc(S(=O)(=O)N(Cc2ccco2)Cc2nn(C)c3c2CCC3)c(C)c1. The van der Waals surface area contributed by atoms with Crippen molar-refractivity contribution in [1.82, 2.24) is 14.1 Å². The number of fused-ring (bicyclic) bond motifs is 1. The molecule has 0 fully saturated rings. The average Bonchev–Trinajstić information content (AvgIpc) is 3.48. The maximum Gasteiger partial charge on any atom is 0.244 e. The van der Waals surface area contributed by atoms with E-state index in [2.05, 4.69) is 10.4 Å². The number of aryl methyl sites for hydroxylation is 2. The van der Waals surface area contributed by atoms with Gasteiger partial charge in [-0.15, -0.1) is 0 Å². The van der Waals surface area contributed by atoms with E-state index in [0.717, 1.165) is 30.5 Å². The molecule has 0 aliphatic heterocycles. The fourth-order valence-corrected chi connectivity index (χ4v) is 5.77. The van der Waals surface area contributed by atoms with Crippen molar-refractivity contribution in [3.05, 3.63) is 64.9 Å². The van der Waals surface area contributed by atoms with Crippen LogP contribution in [0.5, 0.6) is 0 Å². The summed E-state index contributed by atoms with van der Waals surface area (Å²) in [6.45, 7) is 3.77. The van der Waals surface area contributed by atoms with Crippen molar-refractivity contribution in [2.45, 2.75) is 57.5 Å². The minimum absolute atomic E-state index is 0.106. The van der Waals surface area contributed by atoms with Gasteiger partial charge in [0.2, 0.25) is 15.9 Å². The van der Waals surface area contributed by atoms with Crippen LogP contribution in [-0.2, 0) is 47.8 Å². The number of benzene rings is 1. The van der Waals surface area contributed by atoms with Gasteiger partial charge in [-0.2, -0.15) is 9.40 Å². The molecule has 0 radical (unpaired) electrons. The summed E-state index contributed by atoms with van der Waals surface area (Å²) in [7, 11) is -1.94. The van der Waals surface area contributed by atoms with Crippen LogP contribution in [0.15, 0.2) is 45.9 Å². The molecule has 0 saturated heterocycles. The van der Waals surface area contributed by atoms with Crippen molar-refractivity contribution in [3.8, 4) is 0 Å². The highest BCUT2D eigenvalue weighted by Crippen LogP contribution is 2.30. The van der Waals surface area contributed by atoms with Crippen molar-refractivity contribution >= 4 is 21.6 Å². The smallest absolute Gasteiger partial charge is 0.244 e. The molecule has 1 aliphatic carbocycles. The monoisotopic (exact) mass is 456 g/mol. The van der Waals surface area contributed by atoms with E-state index in [1.807, 2.05) is 11.7 Å². The van der Waals surface area contributed by atoms with Crippen LogP contribution in [0.2, 0.25) is 0 Å². The predicted molar refractivity (Wildman–Crippen MR) is 120 cm³/mol. The van der Waals surface area contributed by atoms with Crippen molar-refractivity contribution in [2.24, 2.45) is 7.05 Å². The Hall–Kier alpha value is -2.91. The number of carbonyl (C=O) groups is 1. The van der Waals surface area contributed by atoms with Crippen LogP contribution >= 0.6 is 0 Å². The molecule has 0 saturated carbocycles. The topological polar surface area (TPSA) is 97.4 Å². The van der Waals surface area contributed by atoms with E-state index in [-0.39, 0.29) is 23.9 Å². The third-order valence-corrected chi connectivity index (χ3v) is 7.79. The number of carbonyl (C=O) groups excluding carboxylic acids is 1. The molecule has 1 N–H and O–H groups in total. The summed E-state index contributed by atoms with van der Waals surface area (Å²) in [4.78, 5) is 11.9. The molecule has 3 aromatic rings. The number of nitrogens with one attached hydrogen (secondary N) is 1. The maximum atomic E-state index is 13.7. The average molecular weight is 457 g/mol. The zero-order chi connectivity index (χ0) is 22.9. The van der Waals surface area contributed by atoms with Gasteiger partial charge in [0, 0.05) is 24.8 Å². The van der Waals surface area contributed by atoms with Crippen LogP contribution < -0.4 is 5.32 Å². The molecule has 1 amide bonds. The van der Waals surface area contributed by atoms with Gasteiger partial charge in [-0.05, 0) is 67.6 Å². The molecule has 32 heavy (non-hydrogen) atoms. The van der Waals surface area contributed by atoms with Gasteiger partial charge >= 0.3 is 0 Å². The molecular formula is C23H28N4O4S. The molecule has 0 unspecified atom stereocenters. The molecule has 0 atom stereocenters. The zero-order valence-corrected chi connectivity index (χ0v) is 19.4. The number of anilines is 1. The molecule has 1 aliphatic rings. The van der Waals surface area contributed by atoms with E-state index in [1.165, 1.54) is 16.3 Å². The number of hydrogen-bond acceptors (Lipinski definition) is 5. The van der Waals surface area contributed by atoms with Gasteiger partial charge in [0.05, 0.1) is 29.9 Å².